The Morgan fingerprint density at radius 2 is 2.35 bits per heavy atom. The fourth-order valence-corrected chi connectivity index (χ4v) is 2.18. The highest BCUT2D eigenvalue weighted by Gasteiger charge is 2.38. The lowest BCUT2D eigenvalue weighted by molar-refractivity contribution is -0.144. The number of nitrogens with zero attached hydrogens (tertiary/aromatic N) is 3. The number of nitrogens with one attached hydrogen (secondary N) is 2. The highest BCUT2D eigenvalue weighted by molar-refractivity contribution is 6.31. The number of amidine groups is 1. The summed E-state index contributed by atoms with van der Waals surface area (Å²) in [5, 5.41) is 6.33. The third-order valence-electron chi connectivity index (χ3n) is 3.23. The topological polar surface area (TPSA) is 101 Å². The Kier molecular flexibility index (Phi) is 4.53. The van der Waals surface area contributed by atoms with E-state index in [9.17, 15) is 4.79 Å². The fourth-order valence-electron chi connectivity index (χ4n) is 2.01. The smallest absolute Gasteiger partial charge is 0.336 e. The Balaban J connectivity index is 1.77. The molecule has 23 heavy (non-hydrogen) atoms. The van der Waals surface area contributed by atoms with Gasteiger partial charge >= 0.3 is 12.0 Å². The van der Waals surface area contributed by atoms with Crippen molar-refractivity contribution in [3.63, 3.8) is 0 Å². The monoisotopic (exact) mass is 341 g/mol. The number of hydrogen-bond acceptors (Lipinski definition) is 9. The molecule has 1 saturated heterocycles. The van der Waals surface area contributed by atoms with E-state index in [4.69, 9.17) is 26.0 Å². The quantitative estimate of drug-likeness (QED) is 0.600. The highest BCUT2D eigenvalue weighted by Crippen LogP contribution is 2.27. The van der Waals surface area contributed by atoms with Crippen LogP contribution in [0, 0.1) is 6.92 Å². The third-order valence-corrected chi connectivity index (χ3v) is 3.64. The number of rotatable bonds is 5. The Morgan fingerprint density at radius 1 is 1.57 bits per heavy atom. The van der Waals surface area contributed by atoms with E-state index >= 15 is 0 Å². The molecule has 1 fully saturated rings. The van der Waals surface area contributed by atoms with Gasteiger partial charge in [0.2, 0.25) is 6.35 Å². The highest BCUT2D eigenvalue weighted by atomic mass is 35.5. The number of halogens is 1. The first-order valence-corrected chi connectivity index (χ1v) is 7.37. The zero-order chi connectivity index (χ0) is 16.4. The summed E-state index contributed by atoms with van der Waals surface area (Å²) in [6.45, 7) is 3.84. The second-order valence-corrected chi connectivity index (χ2v) is 5.20. The van der Waals surface area contributed by atoms with E-state index in [1.165, 1.54) is 10.0 Å². The molecular weight excluding hydrogens is 326 g/mol. The van der Waals surface area contributed by atoms with Gasteiger partial charge in [-0.15, -0.1) is 5.48 Å². The van der Waals surface area contributed by atoms with Crippen molar-refractivity contribution < 1.29 is 19.2 Å². The molecule has 2 heterocycles. The van der Waals surface area contributed by atoms with E-state index < -0.39 is 12.3 Å². The standard InChI is InChI=1S/C13H16ClN5O4/c1-3-21-11(20)7-18(13-16-22-13)12-15-19(17-23-12)10-6-4-5-9(14)8(10)2/h4-6,13,16-17H,3,7H2,1-2H3. The summed E-state index contributed by atoms with van der Waals surface area (Å²) in [5.74, 6) is -0.409. The predicted molar refractivity (Wildman–Crippen MR) is 81.7 cm³/mol. The second-order valence-electron chi connectivity index (χ2n) is 4.79. The maximum atomic E-state index is 11.7. The molecule has 1 unspecified atom stereocenters. The molecule has 3 rings (SSSR count). The molecule has 0 amide bonds. The molecule has 0 bridgehead atoms. The van der Waals surface area contributed by atoms with Gasteiger partial charge in [0.25, 0.3) is 0 Å². The molecule has 0 spiro atoms. The molecule has 2 aliphatic rings. The molecule has 2 N–H and O–H groups in total. The normalized spacial score (nSPS) is 19.2. The van der Waals surface area contributed by atoms with Crippen LogP contribution in [0.15, 0.2) is 23.3 Å². The minimum absolute atomic E-state index is 0.0611. The number of carbonyl (C=O) groups is 1. The van der Waals surface area contributed by atoms with Crippen molar-refractivity contribution in [2.24, 2.45) is 5.10 Å². The van der Waals surface area contributed by atoms with E-state index in [1.54, 1.807) is 13.0 Å². The number of anilines is 1. The largest absolute Gasteiger partial charge is 0.465 e. The molecule has 0 aliphatic carbocycles. The van der Waals surface area contributed by atoms with Crippen molar-refractivity contribution in [3.8, 4) is 0 Å². The first-order valence-electron chi connectivity index (χ1n) is 7.00. The van der Waals surface area contributed by atoms with Gasteiger partial charge in [0.05, 0.1) is 12.3 Å². The van der Waals surface area contributed by atoms with Crippen molar-refractivity contribution >= 4 is 29.3 Å². The number of hydrogen-bond donors (Lipinski definition) is 2. The molecule has 0 radical (unpaired) electrons. The number of hydrazone groups is 1. The molecule has 10 heteroatoms. The minimum Gasteiger partial charge on any atom is -0.465 e. The number of hydroxylamine groups is 1. The summed E-state index contributed by atoms with van der Waals surface area (Å²) in [7, 11) is 0. The van der Waals surface area contributed by atoms with Crippen molar-refractivity contribution in [1.82, 2.24) is 16.0 Å². The molecule has 2 aliphatic heterocycles. The maximum Gasteiger partial charge on any atom is 0.336 e. The summed E-state index contributed by atoms with van der Waals surface area (Å²) in [6, 6.07) is 5.61. The van der Waals surface area contributed by atoms with Crippen LogP contribution in [0.5, 0.6) is 0 Å². The molecule has 0 saturated carbocycles. The van der Waals surface area contributed by atoms with E-state index in [-0.39, 0.29) is 12.6 Å². The van der Waals surface area contributed by atoms with Crippen LogP contribution >= 0.6 is 11.6 Å². The third kappa shape index (κ3) is 3.48. The fraction of sp³-hybridized carbons (Fsp3) is 0.385. The molecule has 1 aromatic rings. The van der Waals surface area contributed by atoms with Crippen LogP contribution in [0.3, 0.4) is 0 Å². The lowest BCUT2D eigenvalue weighted by Gasteiger charge is -2.16. The summed E-state index contributed by atoms with van der Waals surface area (Å²) < 4.78 is 4.93. The van der Waals surface area contributed by atoms with Gasteiger partial charge in [-0.3, -0.25) is 14.5 Å². The van der Waals surface area contributed by atoms with Gasteiger partial charge in [-0.25, -0.2) is 0 Å². The first kappa shape index (κ1) is 15.8. The average molecular weight is 342 g/mol. The van der Waals surface area contributed by atoms with Crippen LogP contribution in [0.1, 0.15) is 12.5 Å². The van der Waals surface area contributed by atoms with E-state index in [0.717, 1.165) is 11.3 Å². The minimum atomic E-state index is -0.486. The van der Waals surface area contributed by atoms with Gasteiger partial charge in [0, 0.05) is 5.02 Å². The Hall–Kier alpha value is -2.07. The van der Waals surface area contributed by atoms with Crippen molar-refractivity contribution in [2.45, 2.75) is 20.2 Å². The second kappa shape index (κ2) is 6.59. The number of ether oxygens (including phenoxy) is 1. The Bertz CT molecular complexity index is 637. The maximum absolute atomic E-state index is 11.7. The van der Waals surface area contributed by atoms with Gasteiger partial charge in [0.1, 0.15) is 6.54 Å². The van der Waals surface area contributed by atoms with Gasteiger partial charge in [0.15, 0.2) is 0 Å². The van der Waals surface area contributed by atoms with Crippen LogP contribution in [0.4, 0.5) is 5.69 Å². The summed E-state index contributed by atoms with van der Waals surface area (Å²) in [6.07, 6.45) is -0.486. The molecule has 9 nitrogen and oxygen atoms in total. The SMILES string of the molecule is CCOC(=O)CN(C1=NN(c2cccc(Cl)c2C)NO1)C1NO1. The molecule has 1 atom stereocenters. The van der Waals surface area contributed by atoms with Crippen LogP contribution in [0.25, 0.3) is 0 Å². The average Bonchev–Trinajstić information content (AvgIpc) is 3.25. The zero-order valence-electron chi connectivity index (χ0n) is 12.6. The van der Waals surface area contributed by atoms with E-state index in [0.29, 0.717) is 11.6 Å². The number of benzene rings is 1. The van der Waals surface area contributed by atoms with E-state index in [1.807, 2.05) is 19.1 Å². The number of esters is 1. The number of carbonyl (C=O) groups excluding carboxylic acids is 1. The van der Waals surface area contributed by atoms with Crippen LogP contribution in [-0.2, 0) is 19.2 Å². The summed E-state index contributed by atoms with van der Waals surface area (Å²) in [5.41, 5.74) is 6.85. The van der Waals surface area contributed by atoms with Crippen LogP contribution in [-0.4, -0.2) is 36.4 Å². The van der Waals surface area contributed by atoms with Crippen LogP contribution in [0.2, 0.25) is 5.02 Å². The lowest BCUT2D eigenvalue weighted by atomic mass is 10.2. The van der Waals surface area contributed by atoms with Crippen molar-refractivity contribution in [3.05, 3.63) is 28.8 Å². The zero-order valence-corrected chi connectivity index (χ0v) is 13.3. The van der Waals surface area contributed by atoms with E-state index in [2.05, 4.69) is 16.2 Å². The summed E-state index contributed by atoms with van der Waals surface area (Å²) in [4.78, 5) is 23.5. The number of hydrazine groups is 1. The molecule has 124 valence electrons. The Labute approximate surface area is 137 Å². The van der Waals surface area contributed by atoms with Gasteiger partial charge in [-0.1, -0.05) is 22.8 Å². The van der Waals surface area contributed by atoms with Crippen molar-refractivity contribution in [1.29, 1.82) is 0 Å². The van der Waals surface area contributed by atoms with Gasteiger partial charge in [-0.05, 0) is 37.1 Å². The predicted octanol–water partition coefficient (Wildman–Crippen LogP) is 0.859. The molecular formula is C13H16ClN5O4. The first-order chi connectivity index (χ1) is 11.1. The molecule has 0 aromatic heterocycles. The van der Waals surface area contributed by atoms with Crippen LogP contribution < -0.4 is 16.2 Å². The molecule has 1 aromatic carbocycles. The lowest BCUT2D eigenvalue weighted by Crippen LogP contribution is -2.40. The Morgan fingerprint density at radius 3 is 3.04 bits per heavy atom. The van der Waals surface area contributed by atoms with Gasteiger partial charge in [-0.2, -0.15) is 5.12 Å². The summed E-state index contributed by atoms with van der Waals surface area (Å²) >= 11 is 6.11. The van der Waals surface area contributed by atoms with Crippen molar-refractivity contribution in [2.75, 3.05) is 18.3 Å². The van der Waals surface area contributed by atoms with Gasteiger partial charge < -0.3 is 9.57 Å².